The standard InChI is InChI=1S/C8H17NO4S2/c1-6(2)15(12,13)9-7(8(10)11)4-5-14-3/h6-7,9H,4-5H2,1-3H3,(H,10,11)/t7-/m1/s1. The number of sulfonamides is 1. The van der Waals surface area contributed by atoms with Crippen molar-refractivity contribution in [2.24, 2.45) is 0 Å². The van der Waals surface area contributed by atoms with E-state index in [9.17, 15) is 13.2 Å². The van der Waals surface area contributed by atoms with Crippen molar-refractivity contribution in [3.05, 3.63) is 0 Å². The molecule has 15 heavy (non-hydrogen) atoms. The summed E-state index contributed by atoms with van der Waals surface area (Å²) < 4.78 is 25.0. The van der Waals surface area contributed by atoms with Crippen molar-refractivity contribution in [1.29, 1.82) is 0 Å². The van der Waals surface area contributed by atoms with Gasteiger partial charge in [-0.3, -0.25) is 4.79 Å². The maximum absolute atomic E-state index is 11.4. The van der Waals surface area contributed by atoms with Crippen molar-refractivity contribution in [2.45, 2.75) is 31.6 Å². The van der Waals surface area contributed by atoms with Crippen LogP contribution in [0.5, 0.6) is 0 Å². The summed E-state index contributed by atoms with van der Waals surface area (Å²) in [7, 11) is -3.51. The van der Waals surface area contributed by atoms with Crippen LogP contribution in [0, 0.1) is 0 Å². The molecule has 0 saturated heterocycles. The summed E-state index contributed by atoms with van der Waals surface area (Å²) in [6, 6.07) is -1.02. The van der Waals surface area contributed by atoms with Gasteiger partial charge in [-0.1, -0.05) is 0 Å². The highest BCUT2D eigenvalue weighted by molar-refractivity contribution is 7.98. The van der Waals surface area contributed by atoms with Crippen molar-refractivity contribution in [3.8, 4) is 0 Å². The van der Waals surface area contributed by atoms with Crippen molar-refractivity contribution < 1.29 is 18.3 Å². The normalized spacial score (nSPS) is 14.1. The molecule has 0 radical (unpaired) electrons. The zero-order chi connectivity index (χ0) is 12.1. The monoisotopic (exact) mass is 255 g/mol. The molecule has 0 unspecified atom stereocenters. The van der Waals surface area contributed by atoms with Crippen LogP contribution in [0.15, 0.2) is 0 Å². The third-order valence-electron chi connectivity index (χ3n) is 1.84. The molecule has 90 valence electrons. The molecule has 0 rings (SSSR count). The Labute approximate surface area is 94.7 Å². The summed E-state index contributed by atoms with van der Waals surface area (Å²) >= 11 is 1.48. The lowest BCUT2D eigenvalue weighted by Gasteiger charge is -2.15. The lowest BCUT2D eigenvalue weighted by Crippen LogP contribution is -2.44. The van der Waals surface area contributed by atoms with Gasteiger partial charge < -0.3 is 5.11 Å². The first kappa shape index (κ1) is 14.7. The molecule has 0 spiro atoms. The van der Waals surface area contributed by atoms with E-state index in [1.165, 1.54) is 25.6 Å². The number of carbonyl (C=O) groups is 1. The Morgan fingerprint density at radius 1 is 1.47 bits per heavy atom. The maximum atomic E-state index is 11.4. The summed E-state index contributed by atoms with van der Waals surface area (Å²) in [5, 5.41) is 8.19. The number of aliphatic carboxylic acids is 1. The van der Waals surface area contributed by atoms with Crippen LogP contribution in [0.2, 0.25) is 0 Å². The van der Waals surface area contributed by atoms with E-state index in [0.29, 0.717) is 12.2 Å². The first-order valence-corrected chi connectivity index (χ1v) is 7.48. The second kappa shape index (κ2) is 6.34. The molecule has 0 fully saturated rings. The van der Waals surface area contributed by atoms with Crippen LogP contribution in [-0.4, -0.2) is 42.8 Å². The van der Waals surface area contributed by atoms with Gasteiger partial charge in [-0.15, -0.1) is 0 Å². The number of hydrogen-bond acceptors (Lipinski definition) is 4. The summed E-state index contributed by atoms with van der Waals surface area (Å²) in [6.07, 6.45) is 2.14. The number of hydrogen-bond donors (Lipinski definition) is 2. The average molecular weight is 255 g/mol. The molecule has 0 heterocycles. The Balaban J connectivity index is 4.48. The molecule has 0 aromatic carbocycles. The molecule has 0 aliphatic heterocycles. The van der Waals surface area contributed by atoms with Gasteiger partial charge >= 0.3 is 5.97 Å². The van der Waals surface area contributed by atoms with E-state index in [1.807, 2.05) is 6.26 Å². The van der Waals surface area contributed by atoms with Gasteiger partial charge in [-0.2, -0.15) is 11.8 Å². The van der Waals surface area contributed by atoms with Crippen LogP contribution in [0.25, 0.3) is 0 Å². The number of nitrogens with one attached hydrogen (secondary N) is 1. The van der Waals surface area contributed by atoms with Crippen LogP contribution in [0.1, 0.15) is 20.3 Å². The largest absolute Gasteiger partial charge is 0.480 e. The van der Waals surface area contributed by atoms with Crippen molar-refractivity contribution in [1.82, 2.24) is 4.72 Å². The van der Waals surface area contributed by atoms with Crippen molar-refractivity contribution in [3.63, 3.8) is 0 Å². The van der Waals surface area contributed by atoms with Gasteiger partial charge in [0.1, 0.15) is 6.04 Å². The van der Waals surface area contributed by atoms with Crippen LogP contribution in [0.4, 0.5) is 0 Å². The van der Waals surface area contributed by atoms with Gasteiger partial charge in [0.25, 0.3) is 0 Å². The number of carboxylic acid groups (broad SMARTS) is 1. The molecule has 2 N–H and O–H groups in total. The van der Waals surface area contributed by atoms with Gasteiger partial charge in [-0.25, -0.2) is 13.1 Å². The third kappa shape index (κ3) is 5.39. The van der Waals surface area contributed by atoms with E-state index >= 15 is 0 Å². The lowest BCUT2D eigenvalue weighted by atomic mass is 10.2. The minimum Gasteiger partial charge on any atom is -0.480 e. The lowest BCUT2D eigenvalue weighted by molar-refractivity contribution is -0.139. The Morgan fingerprint density at radius 2 is 2.00 bits per heavy atom. The van der Waals surface area contributed by atoms with E-state index in [2.05, 4.69) is 4.72 Å². The fraction of sp³-hybridized carbons (Fsp3) is 0.875. The molecule has 0 aromatic rings. The van der Waals surface area contributed by atoms with Gasteiger partial charge in [-0.05, 0) is 32.3 Å². The Bertz CT molecular complexity index is 300. The SMILES string of the molecule is CSCC[C@@H](NS(=O)(=O)C(C)C)C(=O)O. The van der Waals surface area contributed by atoms with E-state index in [-0.39, 0.29) is 0 Å². The molecule has 7 heteroatoms. The van der Waals surface area contributed by atoms with E-state index in [1.54, 1.807) is 0 Å². The molecule has 0 aliphatic carbocycles. The Hall–Kier alpha value is -0.270. The number of rotatable bonds is 7. The molecule has 0 saturated carbocycles. The van der Waals surface area contributed by atoms with Crippen LogP contribution in [-0.2, 0) is 14.8 Å². The maximum Gasteiger partial charge on any atom is 0.321 e. The quantitative estimate of drug-likeness (QED) is 0.693. The average Bonchev–Trinajstić information content (AvgIpc) is 2.11. The first-order chi connectivity index (χ1) is 6.81. The van der Waals surface area contributed by atoms with Gasteiger partial charge in [0.15, 0.2) is 0 Å². The second-order valence-corrected chi connectivity index (χ2v) is 6.64. The minimum atomic E-state index is -3.51. The predicted molar refractivity (Wildman–Crippen MR) is 61.6 cm³/mol. The highest BCUT2D eigenvalue weighted by Crippen LogP contribution is 2.05. The number of carboxylic acids is 1. The van der Waals surface area contributed by atoms with Crippen LogP contribution >= 0.6 is 11.8 Å². The van der Waals surface area contributed by atoms with E-state index in [4.69, 9.17) is 5.11 Å². The molecule has 0 aliphatic rings. The summed E-state index contributed by atoms with van der Waals surface area (Å²) in [5.74, 6) is -0.523. The molecule has 0 bridgehead atoms. The van der Waals surface area contributed by atoms with Crippen molar-refractivity contribution >= 4 is 27.8 Å². The Morgan fingerprint density at radius 3 is 2.33 bits per heavy atom. The molecular formula is C8H17NO4S2. The highest BCUT2D eigenvalue weighted by atomic mass is 32.2. The molecule has 0 aromatic heterocycles. The third-order valence-corrected chi connectivity index (χ3v) is 4.33. The van der Waals surface area contributed by atoms with E-state index < -0.39 is 27.3 Å². The van der Waals surface area contributed by atoms with Gasteiger partial charge in [0, 0.05) is 0 Å². The fourth-order valence-corrected chi connectivity index (χ4v) is 2.16. The predicted octanol–water partition coefficient (Wildman–Crippen LogP) is 0.520. The smallest absolute Gasteiger partial charge is 0.321 e. The highest BCUT2D eigenvalue weighted by Gasteiger charge is 2.25. The zero-order valence-corrected chi connectivity index (χ0v) is 10.7. The van der Waals surface area contributed by atoms with Crippen LogP contribution in [0.3, 0.4) is 0 Å². The van der Waals surface area contributed by atoms with Gasteiger partial charge in [0.2, 0.25) is 10.0 Å². The Kier molecular flexibility index (Phi) is 6.23. The molecule has 5 nitrogen and oxygen atoms in total. The minimum absolute atomic E-state index is 0.294. The molecule has 1 atom stereocenters. The zero-order valence-electron chi connectivity index (χ0n) is 9.06. The summed E-state index contributed by atoms with van der Waals surface area (Å²) in [4.78, 5) is 10.8. The molecular weight excluding hydrogens is 238 g/mol. The molecule has 0 amide bonds. The van der Waals surface area contributed by atoms with E-state index in [0.717, 1.165) is 0 Å². The summed E-state index contributed by atoms with van der Waals surface area (Å²) in [5.41, 5.74) is 0. The van der Waals surface area contributed by atoms with Crippen molar-refractivity contribution in [2.75, 3.05) is 12.0 Å². The van der Waals surface area contributed by atoms with Gasteiger partial charge in [0.05, 0.1) is 5.25 Å². The van der Waals surface area contributed by atoms with Crippen LogP contribution < -0.4 is 4.72 Å². The number of thioether (sulfide) groups is 1. The summed E-state index contributed by atoms with van der Waals surface area (Å²) in [6.45, 7) is 3.02. The topological polar surface area (TPSA) is 83.5 Å². The first-order valence-electron chi connectivity index (χ1n) is 4.54. The fourth-order valence-electron chi connectivity index (χ4n) is 0.803. The second-order valence-electron chi connectivity index (χ2n) is 3.38.